The lowest BCUT2D eigenvalue weighted by Crippen LogP contribution is -2.45. The first-order chi connectivity index (χ1) is 8.71. The van der Waals surface area contributed by atoms with Crippen LogP contribution in [0.2, 0.25) is 0 Å². The molecule has 2 rings (SSSR count). The van der Waals surface area contributed by atoms with Crippen molar-refractivity contribution in [1.29, 1.82) is 0 Å². The van der Waals surface area contributed by atoms with Crippen LogP contribution in [0, 0.1) is 0 Å². The normalized spacial score (nSPS) is 17.0. The summed E-state index contributed by atoms with van der Waals surface area (Å²) >= 11 is 1.41. The molecule has 0 aliphatic heterocycles. The number of hydrogen-bond acceptors (Lipinski definition) is 6. The summed E-state index contributed by atoms with van der Waals surface area (Å²) in [5, 5.41) is 4.02. The van der Waals surface area contributed by atoms with Gasteiger partial charge in [0.25, 0.3) is 0 Å². The summed E-state index contributed by atoms with van der Waals surface area (Å²) in [5.74, 6) is -0.374. The van der Waals surface area contributed by atoms with Crippen molar-refractivity contribution in [3.05, 3.63) is 11.2 Å². The molecule has 0 amide bonds. The molecule has 1 aromatic rings. The Morgan fingerprint density at radius 1 is 1.61 bits per heavy atom. The summed E-state index contributed by atoms with van der Waals surface area (Å²) in [5.41, 5.74) is 1.94. The fraction of sp³-hybridized carbons (Fsp3) is 0.667. The van der Waals surface area contributed by atoms with Gasteiger partial charge in [-0.1, -0.05) is 0 Å². The SMILES string of the molecule is CCOC(=O)c1ncsc1NCC1(OC)CCC1. The molecule has 0 saturated heterocycles. The zero-order chi connectivity index (χ0) is 13.0. The van der Waals surface area contributed by atoms with Crippen molar-refractivity contribution in [2.45, 2.75) is 31.8 Å². The van der Waals surface area contributed by atoms with Crippen LogP contribution < -0.4 is 5.32 Å². The molecular formula is C12H18N2O3S. The number of carbonyl (C=O) groups excluding carboxylic acids is 1. The van der Waals surface area contributed by atoms with E-state index in [0.29, 0.717) is 18.8 Å². The molecule has 0 aromatic carbocycles. The summed E-state index contributed by atoms with van der Waals surface area (Å²) in [6, 6.07) is 0. The summed E-state index contributed by atoms with van der Waals surface area (Å²) < 4.78 is 10.5. The fourth-order valence-electron chi connectivity index (χ4n) is 1.98. The predicted molar refractivity (Wildman–Crippen MR) is 70.2 cm³/mol. The smallest absolute Gasteiger partial charge is 0.360 e. The van der Waals surface area contributed by atoms with Crippen LogP contribution >= 0.6 is 11.3 Å². The van der Waals surface area contributed by atoms with Gasteiger partial charge in [-0.25, -0.2) is 9.78 Å². The molecule has 1 heterocycles. The Morgan fingerprint density at radius 2 is 2.39 bits per heavy atom. The number of anilines is 1. The number of carbonyl (C=O) groups is 1. The monoisotopic (exact) mass is 270 g/mol. The third kappa shape index (κ3) is 2.64. The van der Waals surface area contributed by atoms with Crippen molar-refractivity contribution < 1.29 is 14.3 Å². The van der Waals surface area contributed by atoms with Gasteiger partial charge in [0.2, 0.25) is 0 Å². The van der Waals surface area contributed by atoms with Gasteiger partial charge in [-0.05, 0) is 26.2 Å². The number of aromatic nitrogens is 1. The summed E-state index contributed by atoms with van der Waals surface area (Å²) in [6.07, 6.45) is 3.32. The average molecular weight is 270 g/mol. The highest BCUT2D eigenvalue weighted by atomic mass is 32.1. The van der Waals surface area contributed by atoms with Gasteiger partial charge in [-0.2, -0.15) is 0 Å². The maximum absolute atomic E-state index is 11.7. The summed E-state index contributed by atoms with van der Waals surface area (Å²) in [7, 11) is 1.74. The Bertz CT molecular complexity index is 410. The van der Waals surface area contributed by atoms with E-state index in [0.717, 1.165) is 17.8 Å². The molecule has 0 unspecified atom stereocenters. The van der Waals surface area contributed by atoms with Crippen LogP contribution in [0.5, 0.6) is 0 Å². The Kier molecular flexibility index (Phi) is 4.19. The third-order valence-electron chi connectivity index (χ3n) is 3.31. The molecule has 0 atom stereocenters. The Hall–Kier alpha value is -1.14. The molecule has 5 nitrogen and oxygen atoms in total. The van der Waals surface area contributed by atoms with E-state index in [1.165, 1.54) is 17.8 Å². The molecule has 6 heteroatoms. The van der Waals surface area contributed by atoms with Crippen molar-refractivity contribution in [2.75, 3.05) is 25.6 Å². The molecule has 0 bridgehead atoms. The zero-order valence-electron chi connectivity index (χ0n) is 10.7. The average Bonchev–Trinajstić information content (AvgIpc) is 2.77. The van der Waals surface area contributed by atoms with Gasteiger partial charge in [-0.3, -0.25) is 0 Å². The first-order valence-corrected chi connectivity index (χ1v) is 6.98. The molecule has 1 aliphatic rings. The van der Waals surface area contributed by atoms with Crippen molar-refractivity contribution in [3.63, 3.8) is 0 Å². The van der Waals surface area contributed by atoms with E-state index in [-0.39, 0.29) is 11.6 Å². The lowest BCUT2D eigenvalue weighted by atomic mass is 9.80. The second-order valence-electron chi connectivity index (χ2n) is 4.34. The van der Waals surface area contributed by atoms with Crippen LogP contribution in [0.1, 0.15) is 36.7 Å². The van der Waals surface area contributed by atoms with Gasteiger partial charge >= 0.3 is 5.97 Å². The number of methoxy groups -OCH3 is 1. The molecule has 1 N–H and O–H groups in total. The minimum Gasteiger partial charge on any atom is -0.461 e. The lowest BCUT2D eigenvalue weighted by Gasteiger charge is -2.40. The minimum absolute atomic E-state index is 0.0735. The van der Waals surface area contributed by atoms with Crippen molar-refractivity contribution in [1.82, 2.24) is 4.98 Å². The minimum atomic E-state index is -0.374. The quantitative estimate of drug-likeness (QED) is 0.804. The topological polar surface area (TPSA) is 60.5 Å². The molecule has 18 heavy (non-hydrogen) atoms. The van der Waals surface area contributed by atoms with Crippen molar-refractivity contribution >= 4 is 22.3 Å². The van der Waals surface area contributed by atoms with Crippen molar-refractivity contribution in [3.8, 4) is 0 Å². The van der Waals surface area contributed by atoms with E-state index in [4.69, 9.17) is 9.47 Å². The van der Waals surface area contributed by atoms with Gasteiger partial charge in [-0.15, -0.1) is 11.3 Å². The van der Waals surface area contributed by atoms with Crippen LogP contribution in [-0.2, 0) is 9.47 Å². The summed E-state index contributed by atoms with van der Waals surface area (Å²) in [6.45, 7) is 2.85. The molecule has 1 aromatic heterocycles. The first kappa shape index (κ1) is 13.3. The maximum atomic E-state index is 11.7. The van der Waals surface area contributed by atoms with Gasteiger partial charge in [0, 0.05) is 13.7 Å². The first-order valence-electron chi connectivity index (χ1n) is 6.10. The maximum Gasteiger partial charge on any atom is 0.360 e. The largest absolute Gasteiger partial charge is 0.461 e. The van der Waals surface area contributed by atoms with Gasteiger partial charge in [0.1, 0.15) is 5.00 Å². The number of nitrogens with zero attached hydrogens (tertiary/aromatic N) is 1. The number of rotatable bonds is 6. The standard InChI is InChI=1S/C12H18N2O3S/c1-3-17-11(15)9-10(18-8-14-9)13-7-12(16-2)5-4-6-12/h8,13H,3-7H2,1-2H3. The van der Waals surface area contributed by atoms with Crippen molar-refractivity contribution in [2.24, 2.45) is 0 Å². The van der Waals surface area contributed by atoms with Crippen LogP contribution in [0.4, 0.5) is 5.00 Å². The second-order valence-corrected chi connectivity index (χ2v) is 5.20. The number of ether oxygens (including phenoxy) is 2. The molecule has 1 aliphatic carbocycles. The molecular weight excluding hydrogens is 252 g/mol. The lowest BCUT2D eigenvalue weighted by molar-refractivity contribution is -0.0600. The van der Waals surface area contributed by atoms with Crippen LogP contribution in [-0.4, -0.2) is 36.8 Å². The van der Waals surface area contributed by atoms with E-state index < -0.39 is 0 Å². The number of esters is 1. The molecule has 100 valence electrons. The van der Waals surface area contributed by atoms with Crippen LogP contribution in [0.15, 0.2) is 5.51 Å². The van der Waals surface area contributed by atoms with E-state index in [1.807, 2.05) is 0 Å². The zero-order valence-corrected chi connectivity index (χ0v) is 11.5. The Labute approximate surface area is 111 Å². The van der Waals surface area contributed by atoms with Crippen LogP contribution in [0.3, 0.4) is 0 Å². The summed E-state index contributed by atoms with van der Waals surface area (Å²) in [4.78, 5) is 15.7. The highest BCUT2D eigenvalue weighted by molar-refractivity contribution is 7.14. The molecule has 1 fully saturated rings. The van der Waals surface area contributed by atoms with Gasteiger partial charge in [0.05, 0.1) is 17.7 Å². The van der Waals surface area contributed by atoms with Gasteiger partial charge < -0.3 is 14.8 Å². The third-order valence-corrected chi connectivity index (χ3v) is 4.09. The number of hydrogen-bond donors (Lipinski definition) is 1. The van der Waals surface area contributed by atoms with E-state index in [2.05, 4.69) is 10.3 Å². The predicted octanol–water partition coefficient (Wildman–Crippen LogP) is 2.30. The molecule has 0 radical (unpaired) electrons. The number of nitrogens with one attached hydrogen (secondary N) is 1. The highest BCUT2D eigenvalue weighted by Gasteiger charge is 2.37. The second kappa shape index (κ2) is 5.67. The van der Waals surface area contributed by atoms with E-state index in [1.54, 1.807) is 19.5 Å². The Morgan fingerprint density at radius 3 is 2.94 bits per heavy atom. The highest BCUT2D eigenvalue weighted by Crippen LogP contribution is 2.35. The fourth-order valence-corrected chi connectivity index (χ4v) is 2.65. The number of thiazole rings is 1. The van der Waals surface area contributed by atoms with E-state index in [9.17, 15) is 4.79 Å². The van der Waals surface area contributed by atoms with E-state index >= 15 is 0 Å². The Balaban J connectivity index is 1.97. The molecule has 0 spiro atoms. The van der Waals surface area contributed by atoms with Gasteiger partial charge in [0.15, 0.2) is 5.69 Å². The van der Waals surface area contributed by atoms with Crippen LogP contribution in [0.25, 0.3) is 0 Å². The molecule has 1 saturated carbocycles.